The number of non-ortho nitro benzene ring substituents is 1. The molecular weight excluding hydrogens is 280 g/mol. The molecule has 108 valence electrons. The highest BCUT2D eigenvalue weighted by molar-refractivity contribution is 7.88. The average molecular weight is 296 g/mol. The van der Waals surface area contributed by atoms with E-state index >= 15 is 0 Å². The van der Waals surface area contributed by atoms with Gasteiger partial charge in [0.05, 0.1) is 10.7 Å². The van der Waals surface area contributed by atoms with Gasteiger partial charge in [-0.3, -0.25) is 10.1 Å². The highest BCUT2D eigenvalue weighted by Crippen LogP contribution is 2.16. The lowest BCUT2D eigenvalue weighted by Crippen LogP contribution is -2.36. The fourth-order valence-electron chi connectivity index (χ4n) is 2.13. The highest BCUT2D eigenvalue weighted by atomic mass is 32.2. The van der Waals surface area contributed by atoms with Gasteiger partial charge < -0.3 is 0 Å². The Morgan fingerprint density at radius 1 is 1.25 bits per heavy atom. The van der Waals surface area contributed by atoms with E-state index < -0.39 is 14.9 Å². The van der Waals surface area contributed by atoms with Crippen molar-refractivity contribution >= 4 is 15.7 Å². The van der Waals surface area contributed by atoms with Crippen LogP contribution in [0.15, 0.2) is 36.4 Å². The van der Waals surface area contributed by atoms with Crippen molar-refractivity contribution < 1.29 is 13.3 Å². The zero-order valence-corrected chi connectivity index (χ0v) is 11.7. The second kappa shape index (κ2) is 6.15. The number of sulfonamides is 1. The molecule has 0 aliphatic heterocycles. The van der Waals surface area contributed by atoms with Crippen LogP contribution in [0.4, 0.5) is 5.69 Å². The van der Waals surface area contributed by atoms with Gasteiger partial charge in [0.25, 0.3) is 5.69 Å². The Bertz CT molecular complexity index is 608. The summed E-state index contributed by atoms with van der Waals surface area (Å²) in [5, 5.41) is 10.5. The zero-order chi connectivity index (χ0) is 14.6. The van der Waals surface area contributed by atoms with E-state index in [4.69, 9.17) is 0 Å². The van der Waals surface area contributed by atoms with Crippen molar-refractivity contribution in [3.8, 4) is 0 Å². The Labute approximate surface area is 117 Å². The van der Waals surface area contributed by atoms with Crippen molar-refractivity contribution in [1.82, 2.24) is 4.72 Å². The van der Waals surface area contributed by atoms with Crippen molar-refractivity contribution in [3.05, 3.63) is 52.1 Å². The molecule has 0 saturated heterocycles. The third-order valence-electron chi connectivity index (χ3n) is 3.12. The molecule has 1 N–H and O–H groups in total. The Balaban J connectivity index is 2.00. The lowest BCUT2D eigenvalue weighted by atomic mass is 10.0. The first-order valence-electron chi connectivity index (χ1n) is 6.34. The third kappa shape index (κ3) is 4.14. The number of nitrogens with zero attached hydrogens (tertiary/aromatic N) is 1. The van der Waals surface area contributed by atoms with Crippen molar-refractivity contribution in [2.75, 3.05) is 0 Å². The largest absolute Gasteiger partial charge is 0.269 e. The number of hydrogen-bond donors (Lipinski definition) is 1. The van der Waals surface area contributed by atoms with Gasteiger partial charge in [0.15, 0.2) is 0 Å². The van der Waals surface area contributed by atoms with Crippen molar-refractivity contribution in [1.29, 1.82) is 0 Å². The Hall–Kier alpha value is -1.73. The molecule has 0 fully saturated rings. The second-order valence-corrected chi connectivity index (χ2v) is 6.54. The van der Waals surface area contributed by atoms with Crippen LogP contribution in [0.3, 0.4) is 0 Å². The first-order valence-corrected chi connectivity index (χ1v) is 8.00. The molecule has 1 aliphatic carbocycles. The molecule has 1 aromatic carbocycles. The molecule has 0 saturated carbocycles. The van der Waals surface area contributed by atoms with Gasteiger partial charge in [0.2, 0.25) is 10.0 Å². The molecular formula is C13H16N2O4S. The van der Waals surface area contributed by atoms with Crippen molar-refractivity contribution in [2.45, 2.75) is 31.1 Å². The first-order chi connectivity index (χ1) is 9.46. The highest BCUT2D eigenvalue weighted by Gasteiger charge is 2.19. The summed E-state index contributed by atoms with van der Waals surface area (Å²) < 4.78 is 26.7. The lowest BCUT2D eigenvalue weighted by molar-refractivity contribution is -0.384. The fourth-order valence-corrected chi connectivity index (χ4v) is 3.57. The molecule has 7 heteroatoms. The standard InChI is InChI=1S/C13H16N2O4S/c16-15(17)13-8-6-11(7-9-13)10-20(18,19)14-12-4-2-1-3-5-12/h1-2,6-9,12,14H,3-5,10H2/t12-/m1/s1. The summed E-state index contributed by atoms with van der Waals surface area (Å²) in [4.78, 5) is 10.0. The van der Waals surface area contributed by atoms with Gasteiger partial charge in [-0.25, -0.2) is 13.1 Å². The van der Waals surface area contributed by atoms with E-state index in [1.807, 2.05) is 12.2 Å². The van der Waals surface area contributed by atoms with Crippen LogP contribution in [0.2, 0.25) is 0 Å². The molecule has 0 amide bonds. The maximum atomic E-state index is 12.0. The van der Waals surface area contributed by atoms with Crippen LogP contribution in [0.25, 0.3) is 0 Å². The number of nitro benzene ring substituents is 1. The minimum Gasteiger partial charge on any atom is -0.258 e. The summed E-state index contributed by atoms with van der Waals surface area (Å²) in [6.45, 7) is 0. The fraction of sp³-hybridized carbons (Fsp3) is 0.385. The van der Waals surface area contributed by atoms with Crippen LogP contribution < -0.4 is 4.72 Å². The third-order valence-corrected chi connectivity index (χ3v) is 4.52. The van der Waals surface area contributed by atoms with Gasteiger partial charge in [-0.15, -0.1) is 0 Å². The topological polar surface area (TPSA) is 89.3 Å². The van der Waals surface area contributed by atoms with Gasteiger partial charge >= 0.3 is 0 Å². The summed E-state index contributed by atoms with van der Waals surface area (Å²) in [7, 11) is -3.42. The van der Waals surface area contributed by atoms with Crippen LogP contribution in [0, 0.1) is 10.1 Å². The van der Waals surface area contributed by atoms with Crippen LogP contribution in [-0.2, 0) is 15.8 Å². The van der Waals surface area contributed by atoms with Gasteiger partial charge in [0, 0.05) is 18.2 Å². The van der Waals surface area contributed by atoms with Crippen LogP contribution in [0.1, 0.15) is 24.8 Å². The molecule has 0 aromatic heterocycles. The number of allylic oxidation sites excluding steroid dienone is 1. The van der Waals surface area contributed by atoms with E-state index in [1.165, 1.54) is 24.3 Å². The molecule has 0 unspecified atom stereocenters. The van der Waals surface area contributed by atoms with Crippen LogP contribution in [0.5, 0.6) is 0 Å². The molecule has 1 aromatic rings. The summed E-state index contributed by atoms with van der Waals surface area (Å²) in [6.07, 6.45) is 6.41. The second-order valence-electron chi connectivity index (χ2n) is 4.78. The van der Waals surface area contributed by atoms with E-state index in [1.54, 1.807) is 0 Å². The maximum absolute atomic E-state index is 12.0. The molecule has 0 heterocycles. The monoisotopic (exact) mass is 296 g/mol. The van der Waals surface area contributed by atoms with Gasteiger partial charge in [-0.2, -0.15) is 0 Å². The SMILES string of the molecule is O=[N+]([O-])c1ccc(CS(=O)(=O)N[C@@H]2CC=CCC2)cc1. The minimum absolute atomic E-state index is 0.0449. The van der Waals surface area contributed by atoms with E-state index in [0.717, 1.165) is 12.8 Å². The summed E-state index contributed by atoms with van der Waals surface area (Å²) in [5.74, 6) is -0.161. The van der Waals surface area contributed by atoms with Crippen LogP contribution in [-0.4, -0.2) is 19.4 Å². The molecule has 1 aliphatic rings. The Morgan fingerprint density at radius 2 is 1.95 bits per heavy atom. The Kier molecular flexibility index (Phi) is 4.51. The van der Waals surface area contributed by atoms with Crippen LogP contribution >= 0.6 is 0 Å². The molecule has 0 spiro atoms. The molecule has 0 bridgehead atoms. The van der Waals surface area contributed by atoms with Gasteiger partial charge in [-0.1, -0.05) is 24.3 Å². The van der Waals surface area contributed by atoms with E-state index in [2.05, 4.69) is 4.72 Å². The number of rotatable bonds is 5. The van der Waals surface area contributed by atoms with E-state index in [9.17, 15) is 18.5 Å². The lowest BCUT2D eigenvalue weighted by Gasteiger charge is -2.19. The average Bonchev–Trinajstić information content (AvgIpc) is 2.39. The molecule has 2 rings (SSSR count). The zero-order valence-electron chi connectivity index (χ0n) is 10.9. The van der Waals surface area contributed by atoms with E-state index in [-0.39, 0.29) is 17.5 Å². The summed E-state index contributed by atoms with van der Waals surface area (Å²) >= 11 is 0. The minimum atomic E-state index is -3.42. The normalized spacial score (nSPS) is 18.9. The molecule has 20 heavy (non-hydrogen) atoms. The predicted octanol–water partition coefficient (Wildman–Crippen LogP) is 2.12. The Morgan fingerprint density at radius 3 is 2.50 bits per heavy atom. The molecule has 1 atom stereocenters. The van der Waals surface area contributed by atoms with Crippen molar-refractivity contribution in [3.63, 3.8) is 0 Å². The quantitative estimate of drug-likeness (QED) is 0.512. The van der Waals surface area contributed by atoms with Gasteiger partial charge in [-0.05, 0) is 24.8 Å². The molecule has 0 radical (unpaired) electrons. The maximum Gasteiger partial charge on any atom is 0.269 e. The van der Waals surface area contributed by atoms with Gasteiger partial charge in [0.1, 0.15) is 0 Å². The van der Waals surface area contributed by atoms with Crippen molar-refractivity contribution in [2.24, 2.45) is 0 Å². The number of nitrogens with one attached hydrogen (secondary N) is 1. The smallest absolute Gasteiger partial charge is 0.258 e. The first kappa shape index (κ1) is 14.7. The number of benzene rings is 1. The number of hydrogen-bond acceptors (Lipinski definition) is 4. The van der Waals surface area contributed by atoms with E-state index in [0.29, 0.717) is 12.0 Å². The molecule has 6 nitrogen and oxygen atoms in total. The predicted molar refractivity (Wildman–Crippen MR) is 75.6 cm³/mol. The summed E-state index contributed by atoms with van der Waals surface area (Å²) in [6, 6.07) is 5.52. The summed E-state index contributed by atoms with van der Waals surface area (Å²) in [5.41, 5.74) is 0.492. The number of nitro groups is 1.